The van der Waals surface area contributed by atoms with Crippen LogP contribution in [0.4, 0.5) is 23.1 Å². The lowest BCUT2D eigenvalue weighted by atomic mass is 9.96. The Hall–Kier alpha value is -4.03. The number of nitrogens with zero attached hydrogens (tertiary/aromatic N) is 3. The van der Waals surface area contributed by atoms with Crippen LogP contribution in [0.25, 0.3) is 11.1 Å². The Morgan fingerprint density at radius 3 is 2.51 bits per heavy atom. The van der Waals surface area contributed by atoms with Crippen LogP contribution in [0.5, 0.6) is 5.75 Å². The van der Waals surface area contributed by atoms with Gasteiger partial charge in [-0.2, -0.15) is 4.98 Å². The highest BCUT2D eigenvalue weighted by Gasteiger charge is 2.21. The van der Waals surface area contributed by atoms with Gasteiger partial charge < -0.3 is 25.4 Å². The predicted octanol–water partition coefficient (Wildman–Crippen LogP) is 6.78. The van der Waals surface area contributed by atoms with Crippen molar-refractivity contribution < 1.29 is 18.5 Å². The maximum atomic E-state index is 13.3. The normalized spacial score (nSPS) is 14.2. The Bertz CT molecular complexity index is 1750. The molecule has 1 amide bonds. The van der Waals surface area contributed by atoms with E-state index in [9.17, 15) is 9.00 Å². The first kappa shape index (κ1) is 34.3. The van der Waals surface area contributed by atoms with Gasteiger partial charge in [-0.25, -0.2) is 4.98 Å². The lowest BCUT2D eigenvalue weighted by Gasteiger charge is -2.26. The molecule has 0 spiro atoms. The average Bonchev–Trinajstić information content (AvgIpc) is 3.06. The molecule has 5 rings (SSSR count). The van der Waals surface area contributed by atoms with E-state index >= 15 is 0 Å². The summed E-state index contributed by atoms with van der Waals surface area (Å²) in [5.41, 5.74) is 4.41. The maximum Gasteiger partial charge on any atom is 0.251 e. The van der Waals surface area contributed by atoms with Gasteiger partial charge in [-0.05, 0) is 60.9 Å². The monoisotopic (exact) mass is 676 g/mol. The fourth-order valence-corrected chi connectivity index (χ4v) is 6.40. The first-order valence-corrected chi connectivity index (χ1v) is 17.2. The highest BCUT2D eigenvalue weighted by Crippen LogP contribution is 2.37. The van der Waals surface area contributed by atoms with Gasteiger partial charge in [-0.1, -0.05) is 55.8 Å². The largest absolute Gasteiger partial charge is 0.489 e. The molecule has 1 aromatic heterocycles. The Labute approximate surface area is 283 Å². The molecule has 1 fully saturated rings. The number of carbonyl (C=O) groups is 1. The van der Waals surface area contributed by atoms with Crippen molar-refractivity contribution in [1.29, 1.82) is 0 Å². The lowest BCUT2D eigenvalue weighted by molar-refractivity contribution is 0.0342. The van der Waals surface area contributed by atoms with Crippen LogP contribution in [0.3, 0.4) is 0 Å². The first-order valence-electron chi connectivity index (χ1n) is 15.6. The minimum Gasteiger partial charge on any atom is -0.489 e. The van der Waals surface area contributed by atoms with Gasteiger partial charge in [0.2, 0.25) is 5.95 Å². The summed E-state index contributed by atoms with van der Waals surface area (Å²) >= 11 is 6.51. The van der Waals surface area contributed by atoms with Crippen LogP contribution in [-0.2, 0) is 22.1 Å². The van der Waals surface area contributed by atoms with Gasteiger partial charge in [0.25, 0.3) is 5.91 Å². The minimum atomic E-state index is -1.23. The number of halogens is 1. The molecule has 0 saturated carbocycles. The number of rotatable bonds is 12. The van der Waals surface area contributed by atoms with Gasteiger partial charge in [0.1, 0.15) is 10.8 Å². The van der Waals surface area contributed by atoms with E-state index in [1.54, 1.807) is 13.1 Å². The summed E-state index contributed by atoms with van der Waals surface area (Å²) in [6, 6.07) is 19.2. The van der Waals surface area contributed by atoms with E-state index in [0.717, 1.165) is 49.5 Å². The van der Waals surface area contributed by atoms with E-state index < -0.39 is 10.8 Å². The highest BCUT2D eigenvalue weighted by atomic mass is 35.5. The number of hydrogen-bond donors (Lipinski definition) is 3. The fraction of sp³-hybridized carbons (Fsp3) is 0.343. The van der Waals surface area contributed by atoms with Crippen LogP contribution in [0, 0.1) is 0 Å². The van der Waals surface area contributed by atoms with Crippen molar-refractivity contribution in [3.8, 4) is 16.9 Å². The Balaban J connectivity index is 1.50. The second-order valence-electron chi connectivity index (χ2n) is 11.7. The number of carbonyl (C=O) groups excluding carboxylic acids is 1. The Morgan fingerprint density at radius 2 is 1.79 bits per heavy atom. The van der Waals surface area contributed by atoms with E-state index in [4.69, 9.17) is 21.1 Å². The minimum absolute atomic E-state index is 0.0693. The fourth-order valence-electron chi connectivity index (χ4n) is 5.21. The molecule has 1 aliphatic heterocycles. The molecule has 12 heteroatoms. The van der Waals surface area contributed by atoms with E-state index in [1.165, 1.54) is 6.20 Å². The van der Waals surface area contributed by atoms with E-state index in [2.05, 4.69) is 43.0 Å². The molecule has 3 N–H and O–H groups in total. The predicted molar refractivity (Wildman–Crippen MR) is 189 cm³/mol. The van der Waals surface area contributed by atoms with Crippen LogP contribution in [-0.4, -0.2) is 69.7 Å². The van der Waals surface area contributed by atoms with Gasteiger partial charge in [0.05, 0.1) is 52.6 Å². The summed E-state index contributed by atoms with van der Waals surface area (Å²) in [7, 11) is 0.379. The molecule has 3 aromatic carbocycles. The molecule has 0 radical (unpaired) electrons. The van der Waals surface area contributed by atoms with Crippen LogP contribution in [0.1, 0.15) is 43.6 Å². The third-order valence-electron chi connectivity index (χ3n) is 7.48. The zero-order valence-corrected chi connectivity index (χ0v) is 28.9. The summed E-state index contributed by atoms with van der Waals surface area (Å²) in [6.45, 7) is 11.7. The summed E-state index contributed by atoms with van der Waals surface area (Å²) in [5, 5.41) is 9.47. The van der Waals surface area contributed by atoms with Crippen molar-refractivity contribution in [1.82, 2.24) is 20.2 Å². The van der Waals surface area contributed by atoms with Gasteiger partial charge >= 0.3 is 0 Å². The molecular formula is C35H41ClN6O4S. The molecule has 47 heavy (non-hydrogen) atoms. The standard InChI is InChI=1S/C35H41ClN6O4S/c1-22(2)46-31-19-26(25-10-8-9-24(17-25)21-42-13-15-45-16-14-42)27(34(43)37-5)18-30(31)40-35-38-20-28(36)33(41-35)39-29-11-6-7-12-32(29)47(44)23(3)4/h6-12,17-20,22-23H,13-16,21H2,1-5H3,(H,37,43)(H2,38,39,40,41). The third kappa shape index (κ3) is 8.66. The van der Waals surface area contributed by atoms with Gasteiger partial charge in [0, 0.05) is 37.5 Å². The van der Waals surface area contributed by atoms with Crippen molar-refractivity contribution in [2.75, 3.05) is 44.0 Å². The SMILES string of the molecule is CNC(=O)c1cc(Nc2ncc(Cl)c(Nc3ccccc3S(=O)C(C)C)n2)c(OC(C)C)cc1-c1cccc(CN2CCOCC2)c1. The molecule has 0 bridgehead atoms. The van der Waals surface area contributed by atoms with Gasteiger partial charge in [-0.15, -0.1) is 0 Å². The molecule has 1 atom stereocenters. The molecule has 0 aliphatic carbocycles. The van der Waals surface area contributed by atoms with Crippen molar-refractivity contribution in [3.63, 3.8) is 0 Å². The van der Waals surface area contributed by atoms with E-state index in [-0.39, 0.29) is 28.2 Å². The molecule has 4 aromatic rings. The number of benzene rings is 3. The van der Waals surface area contributed by atoms with Gasteiger partial charge in [0.15, 0.2) is 5.82 Å². The molecule has 1 saturated heterocycles. The number of para-hydroxylation sites is 1. The Kier molecular flexibility index (Phi) is 11.5. The molecule has 248 valence electrons. The zero-order chi connectivity index (χ0) is 33.5. The molecule has 10 nitrogen and oxygen atoms in total. The van der Waals surface area contributed by atoms with Crippen LogP contribution in [0.15, 0.2) is 71.8 Å². The number of nitrogens with one attached hydrogen (secondary N) is 3. The van der Waals surface area contributed by atoms with Crippen LogP contribution < -0.4 is 20.7 Å². The number of amides is 1. The zero-order valence-electron chi connectivity index (χ0n) is 27.3. The maximum absolute atomic E-state index is 13.3. The topological polar surface area (TPSA) is 118 Å². The number of ether oxygens (including phenoxy) is 2. The third-order valence-corrected chi connectivity index (χ3v) is 9.40. The molecule has 2 heterocycles. The van der Waals surface area contributed by atoms with Gasteiger partial charge in [-0.3, -0.25) is 13.9 Å². The average molecular weight is 677 g/mol. The van der Waals surface area contributed by atoms with Crippen molar-refractivity contribution in [2.24, 2.45) is 0 Å². The first-order chi connectivity index (χ1) is 22.6. The quantitative estimate of drug-likeness (QED) is 0.149. The van der Waals surface area contributed by atoms with Crippen molar-refractivity contribution in [3.05, 3.63) is 83.0 Å². The second kappa shape index (κ2) is 15.7. The van der Waals surface area contributed by atoms with Crippen LogP contribution >= 0.6 is 11.6 Å². The smallest absolute Gasteiger partial charge is 0.251 e. The molecular weight excluding hydrogens is 636 g/mol. The highest BCUT2D eigenvalue weighted by molar-refractivity contribution is 7.85. The number of aromatic nitrogens is 2. The summed E-state index contributed by atoms with van der Waals surface area (Å²) in [5.74, 6) is 0.860. The summed E-state index contributed by atoms with van der Waals surface area (Å²) in [4.78, 5) is 25.3. The van der Waals surface area contributed by atoms with E-state index in [1.807, 2.05) is 70.2 Å². The second-order valence-corrected chi connectivity index (χ2v) is 14.1. The van der Waals surface area contributed by atoms with Crippen molar-refractivity contribution in [2.45, 2.75) is 50.5 Å². The van der Waals surface area contributed by atoms with Crippen LogP contribution in [0.2, 0.25) is 5.02 Å². The molecule has 1 unspecified atom stereocenters. The Morgan fingerprint density at radius 1 is 1.02 bits per heavy atom. The number of hydrogen-bond acceptors (Lipinski definition) is 9. The summed E-state index contributed by atoms with van der Waals surface area (Å²) in [6.07, 6.45) is 1.33. The van der Waals surface area contributed by atoms with E-state index in [0.29, 0.717) is 33.4 Å². The summed E-state index contributed by atoms with van der Waals surface area (Å²) < 4.78 is 24.7. The lowest BCUT2D eigenvalue weighted by Crippen LogP contribution is -2.35. The number of anilines is 4. The number of morpholine rings is 1. The molecule has 1 aliphatic rings. The van der Waals surface area contributed by atoms with Crippen molar-refractivity contribution >= 4 is 51.4 Å².